The number of nitro groups is 1. The van der Waals surface area contributed by atoms with E-state index >= 15 is 0 Å². The van der Waals surface area contributed by atoms with Gasteiger partial charge in [0.2, 0.25) is 0 Å². The highest BCUT2D eigenvalue weighted by molar-refractivity contribution is 7.92. The summed E-state index contributed by atoms with van der Waals surface area (Å²) in [6, 6.07) is 10.1. The molecule has 0 aliphatic carbocycles. The molecule has 0 bridgehead atoms. The zero-order valence-corrected chi connectivity index (χ0v) is 14.7. The highest BCUT2D eigenvalue weighted by Crippen LogP contribution is 2.29. The first-order valence-corrected chi connectivity index (χ1v) is 9.12. The third-order valence-electron chi connectivity index (χ3n) is 4.09. The highest BCUT2D eigenvalue weighted by atomic mass is 32.2. The van der Waals surface area contributed by atoms with E-state index in [-0.39, 0.29) is 5.69 Å². The van der Waals surface area contributed by atoms with Gasteiger partial charge in [-0.1, -0.05) is 24.3 Å². The fourth-order valence-electron chi connectivity index (χ4n) is 2.69. The van der Waals surface area contributed by atoms with Crippen molar-refractivity contribution in [2.75, 3.05) is 4.72 Å². The number of amides is 3. The van der Waals surface area contributed by atoms with E-state index in [9.17, 15) is 28.1 Å². The summed E-state index contributed by atoms with van der Waals surface area (Å²) >= 11 is 0. The second kappa shape index (κ2) is 6.36. The molecule has 3 N–H and O–H groups in total. The summed E-state index contributed by atoms with van der Waals surface area (Å²) < 4.78 is 27.4. The summed E-state index contributed by atoms with van der Waals surface area (Å²) in [6.45, 7) is 1.48. The molecule has 1 aliphatic rings. The molecular formula is C16H14N4O6S. The number of benzene rings is 2. The Balaban J connectivity index is 1.97. The lowest BCUT2D eigenvalue weighted by Gasteiger charge is -2.21. The Labute approximate surface area is 153 Å². The van der Waals surface area contributed by atoms with Gasteiger partial charge in [0, 0.05) is 11.8 Å². The van der Waals surface area contributed by atoms with E-state index in [1.165, 1.54) is 37.3 Å². The van der Waals surface area contributed by atoms with Crippen LogP contribution in [0.3, 0.4) is 0 Å². The number of urea groups is 1. The summed E-state index contributed by atoms with van der Waals surface area (Å²) in [4.78, 5) is 33.3. The summed E-state index contributed by atoms with van der Waals surface area (Å²) in [5, 5.41) is 15.7. The number of nitrogens with zero attached hydrogens (tertiary/aromatic N) is 1. The predicted molar refractivity (Wildman–Crippen MR) is 94.4 cm³/mol. The second-order valence-corrected chi connectivity index (χ2v) is 7.60. The van der Waals surface area contributed by atoms with Crippen LogP contribution in [-0.2, 0) is 20.4 Å². The van der Waals surface area contributed by atoms with Gasteiger partial charge in [0.05, 0.1) is 4.92 Å². The third-order valence-corrected chi connectivity index (χ3v) is 5.52. The van der Waals surface area contributed by atoms with E-state index in [0.29, 0.717) is 5.56 Å². The monoisotopic (exact) mass is 390 g/mol. The number of hydrogen-bond donors (Lipinski definition) is 3. The van der Waals surface area contributed by atoms with E-state index in [4.69, 9.17) is 0 Å². The number of sulfonamides is 1. The molecule has 1 heterocycles. The Bertz CT molecular complexity index is 1070. The smallest absolute Gasteiger partial charge is 0.320 e. The number of nitro benzene ring substituents is 1. The lowest BCUT2D eigenvalue weighted by Crippen LogP contribution is -2.40. The molecule has 2 aromatic carbocycles. The second-order valence-electron chi connectivity index (χ2n) is 5.94. The van der Waals surface area contributed by atoms with Crippen LogP contribution in [-0.4, -0.2) is 25.3 Å². The molecule has 0 spiro atoms. The molecule has 10 nitrogen and oxygen atoms in total. The summed E-state index contributed by atoms with van der Waals surface area (Å²) in [6.07, 6.45) is 0. The van der Waals surface area contributed by atoms with Crippen LogP contribution >= 0.6 is 0 Å². The fourth-order valence-corrected chi connectivity index (χ4v) is 3.91. The van der Waals surface area contributed by atoms with Gasteiger partial charge in [-0.3, -0.25) is 24.9 Å². The Kier molecular flexibility index (Phi) is 4.31. The van der Waals surface area contributed by atoms with E-state index in [0.717, 1.165) is 12.1 Å². The minimum atomic E-state index is -4.25. The fraction of sp³-hybridized carbons (Fsp3) is 0.125. The SMILES string of the molecule is CC1(c2cccc(NS(=O)(=O)c3ccccc3[N+](=O)[O-])c2)NC(=O)NC1=O. The standard InChI is InChI=1S/C16H14N4O6S/c1-16(14(21)17-15(22)18-16)10-5-4-6-11(9-10)19-27(25,26)13-8-3-2-7-12(13)20(23)24/h2-9,19H,1H3,(H2,17,18,21,22). The van der Waals surface area contributed by atoms with Crippen molar-refractivity contribution < 1.29 is 22.9 Å². The molecule has 3 rings (SSSR count). The number of carbonyl (C=O) groups excluding carboxylic acids is 2. The third kappa shape index (κ3) is 3.31. The molecule has 2 aromatic rings. The molecule has 140 valence electrons. The lowest BCUT2D eigenvalue weighted by molar-refractivity contribution is -0.387. The van der Waals surface area contributed by atoms with Crippen molar-refractivity contribution in [1.82, 2.24) is 10.6 Å². The molecule has 0 radical (unpaired) electrons. The highest BCUT2D eigenvalue weighted by Gasteiger charge is 2.43. The first-order valence-electron chi connectivity index (χ1n) is 7.64. The average Bonchev–Trinajstić information content (AvgIpc) is 2.88. The molecule has 1 saturated heterocycles. The largest absolute Gasteiger partial charge is 0.322 e. The van der Waals surface area contributed by atoms with Gasteiger partial charge < -0.3 is 5.32 Å². The van der Waals surface area contributed by atoms with Crippen molar-refractivity contribution in [3.05, 3.63) is 64.2 Å². The quantitative estimate of drug-likeness (QED) is 0.400. The number of rotatable bonds is 5. The number of anilines is 1. The Morgan fingerprint density at radius 1 is 1.11 bits per heavy atom. The van der Waals surface area contributed by atoms with Crippen molar-refractivity contribution in [1.29, 1.82) is 0 Å². The maximum Gasteiger partial charge on any atom is 0.322 e. The van der Waals surface area contributed by atoms with Crippen LogP contribution in [0.5, 0.6) is 0 Å². The van der Waals surface area contributed by atoms with Crippen LogP contribution in [0, 0.1) is 10.1 Å². The first-order chi connectivity index (χ1) is 12.6. The topological polar surface area (TPSA) is 148 Å². The molecule has 0 saturated carbocycles. The number of nitrogens with one attached hydrogen (secondary N) is 3. The van der Waals surface area contributed by atoms with Gasteiger partial charge >= 0.3 is 6.03 Å². The lowest BCUT2D eigenvalue weighted by atomic mass is 9.92. The van der Waals surface area contributed by atoms with Crippen LogP contribution in [0.1, 0.15) is 12.5 Å². The van der Waals surface area contributed by atoms with Crippen molar-refractivity contribution >= 4 is 33.3 Å². The van der Waals surface area contributed by atoms with E-state index < -0.39 is 43.0 Å². The molecule has 1 aliphatic heterocycles. The van der Waals surface area contributed by atoms with Crippen LogP contribution in [0.15, 0.2) is 53.4 Å². The number of hydrogen-bond acceptors (Lipinski definition) is 6. The van der Waals surface area contributed by atoms with Crippen LogP contribution < -0.4 is 15.4 Å². The molecule has 3 amide bonds. The van der Waals surface area contributed by atoms with Crippen molar-refractivity contribution in [3.63, 3.8) is 0 Å². The Morgan fingerprint density at radius 2 is 1.81 bits per heavy atom. The zero-order chi connectivity index (χ0) is 19.8. The molecule has 1 unspecified atom stereocenters. The van der Waals surface area contributed by atoms with Gasteiger partial charge in [-0.2, -0.15) is 0 Å². The average molecular weight is 390 g/mol. The Morgan fingerprint density at radius 3 is 2.44 bits per heavy atom. The Hall–Kier alpha value is -3.47. The molecule has 27 heavy (non-hydrogen) atoms. The first kappa shape index (κ1) is 18.3. The van der Waals surface area contributed by atoms with Gasteiger partial charge in [-0.05, 0) is 30.7 Å². The summed E-state index contributed by atoms with van der Waals surface area (Å²) in [7, 11) is -4.25. The molecule has 11 heteroatoms. The number of carbonyl (C=O) groups is 2. The van der Waals surface area contributed by atoms with Gasteiger partial charge in [0.15, 0.2) is 4.90 Å². The maximum atomic E-state index is 12.6. The number of para-hydroxylation sites is 1. The van der Waals surface area contributed by atoms with Crippen LogP contribution in [0.2, 0.25) is 0 Å². The van der Waals surface area contributed by atoms with Crippen LogP contribution in [0.4, 0.5) is 16.2 Å². The predicted octanol–water partition coefficient (Wildman–Crippen LogP) is 1.45. The van der Waals surface area contributed by atoms with E-state index in [2.05, 4.69) is 15.4 Å². The molecule has 1 fully saturated rings. The minimum absolute atomic E-state index is 0.0841. The van der Waals surface area contributed by atoms with Crippen LogP contribution in [0.25, 0.3) is 0 Å². The molecular weight excluding hydrogens is 376 g/mol. The summed E-state index contributed by atoms with van der Waals surface area (Å²) in [5.74, 6) is -0.578. The minimum Gasteiger partial charge on any atom is -0.320 e. The molecule has 0 aromatic heterocycles. The van der Waals surface area contributed by atoms with Crippen molar-refractivity contribution in [3.8, 4) is 0 Å². The van der Waals surface area contributed by atoms with Gasteiger partial charge in [0.25, 0.3) is 21.6 Å². The van der Waals surface area contributed by atoms with Gasteiger partial charge in [0.1, 0.15) is 5.54 Å². The van der Waals surface area contributed by atoms with Crippen molar-refractivity contribution in [2.24, 2.45) is 0 Å². The van der Waals surface area contributed by atoms with Crippen molar-refractivity contribution in [2.45, 2.75) is 17.4 Å². The maximum absolute atomic E-state index is 12.6. The normalized spacial score (nSPS) is 19.3. The van der Waals surface area contributed by atoms with Gasteiger partial charge in [-0.25, -0.2) is 13.2 Å². The van der Waals surface area contributed by atoms with E-state index in [1.54, 1.807) is 6.07 Å². The number of imide groups is 1. The zero-order valence-electron chi connectivity index (χ0n) is 13.9. The van der Waals surface area contributed by atoms with E-state index in [1.807, 2.05) is 0 Å². The summed E-state index contributed by atoms with van der Waals surface area (Å²) in [5.41, 5.74) is -1.50. The molecule has 1 atom stereocenters. The van der Waals surface area contributed by atoms with Gasteiger partial charge in [-0.15, -0.1) is 0 Å².